The van der Waals surface area contributed by atoms with E-state index in [1.54, 1.807) is 0 Å². The minimum atomic E-state index is -0.966. The van der Waals surface area contributed by atoms with E-state index in [0.717, 1.165) is 43.6 Å². The second kappa shape index (κ2) is 12.2. The summed E-state index contributed by atoms with van der Waals surface area (Å²) in [5.74, 6) is -0.380. The standard InChI is InChI=1S/C37H36ClF3N8O3S/c38-26-24(18-4-5-20(40)32-23(18)19(13-42)33(43)53-32)27(41)29-25-31(26)51-11-7-22-21(44-35(50)30-28(45-30)16-2-3-16)6-10-49(22)34(25)47-36(46-29)52-15-37-8-1-9-48(37)14-17(39)12-37/h4-5,16-17,21-22,28,30,45H,1-3,6-12,14-15,43H2,(H,44,50)/t17-,21?,22?,28+,30-,37+/m1/s1. The van der Waals surface area contributed by atoms with E-state index in [0.29, 0.717) is 44.1 Å². The number of benzene rings is 2. The molecule has 1 amide bonds. The van der Waals surface area contributed by atoms with E-state index in [1.807, 2.05) is 6.07 Å². The molecule has 4 N–H and O–H groups in total. The molecule has 16 heteroatoms. The molecule has 6 atom stereocenters. The molecule has 4 aromatic rings. The number of nitriles is 1. The van der Waals surface area contributed by atoms with Crippen LogP contribution >= 0.6 is 22.9 Å². The summed E-state index contributed by atoms with van der Waals surface area (Å²) >= 11 is 8.01. The van der Waals surface area contributed by atoms with Crippen molar-refractivity contribution in [2.75, 3.05) is 43.5 Å². The molecule has 0 bridgehead atoms. The van der Waals surface area contributed by atoms with Crippen LogP contribution in [0.1, 0.15) is 50.5 Å². The van der Waals surface area contributed by atoms with E-state index in [9.17, 15) is 14.4 Å². The molecule has 0 radical (unpaired) electrons. The van der Waals surface area contributed by atoms with Crippen molar-refractivity contribution in [3.8, 4) is 29.0 Å². The lowest BCUT2D eigenvalue weighted by Crippen LogP contribution is -2.48. The molecular formula is C37H36ClF3N8O3S. The highest BCUT2D eigenvalue weighted by molar-refractivity contribution is 7.23. The number of hydrogen-bond donors (Lipinski definition) is 3. The number of aromatic nitrogens is 2. The predicted octanol–water partition coefficient (Wildman–Crippen LogP) is 5.45. The fourth-order valence-corrected chi connectivity index (χ4v) is 10.8. The van der Waals surface area contributed by atoms with Gasteiger partial charge in [0, 0.05) is 42.9 Å². The first kappa shape index (κ1) is 33.5. The molecular weight excluding hydrogens is 729 g/mol. The van der Waals surface area contributed by atoms with Gasteiger partial charge in [-0.1, -0.05) is 17.7 Å². The van der Waals surface area contributed by atoms with Crippen LogP contribution in [-0.4, -0.2) is 89.5 Å². The van der Waals surface area contributed by atoms with E-state index in [1.165, 1.54) is 12.1 Å². The van der Waals surface area contributed by atoms with Crippen LogP contribution < -0.4 is 30.7 Å². The summed E-state index contributed by atoms with van der Waals surface area (Å²) in [5, 5.41) is 17.0. The van der Waals surface area contributed by atoms with E-state index in [-0.39, 0.29) is 103 Å². The summed E-state index contributed by atoms with van der Waals surface area (Å²) in [6.07, 6.45) is 4.46. The third-order valence-corrected chi connectivity index (χ3v) is 13.6. The number of alkyl halides is 1. The number of thiophene rings is 1. The lowest BCUT2D eigenvalue weighted by molar-refractivity contribution is -0.121. The Hall–Kier alpha value is -4.10. The number of hydrogen-bond acceptors (Lipinski definition) is 11. The molecule has 2 aromatic heterocycles. The van der Waals surface area contributed by atoms with Crippen LogP contribution in [0.5, 0.6) is 11.8 Å². The van der Waals surface area contributed by atoms with E-state index >= 15 is 8.78 Å². The summed E-state index contributed by atoms with van der Waals surface area (Å²) in [4.78, 5) is 27.0. The number of nitrogens with two attached hydrogens (primary N) is 1. The highest BCUT2D eigenvalue weighted by atomic mass is 35.5. The zero-order chi connectivity index (χ0) is 36.3. The Kier molecular flexibility index (Phi) is 7.71. The maximum atomic E-state index is 17.4. The number of ether oxygens (including phenoxy) is 2. The Bertz CT molecular complexity index is 2270. The zero-order valence-corrected chi connectivity index (χ0v) is 30.1. The number of nitrogens with one attached hydrogen (secondary N) is 2. The molecule has 53 heavy (non-hydrogen) atoms. The fourth-order valence-electron chi connectivity index (χ4n) is 9.49. The van der Waals surface area contributed by atoms with Gasteiger partial charge in [0.2, 0.25) is 5.91 Å². The van der Waals surface area contributed by atoms with Gasteiger partial charge in [-0.05, 0) is 56.2 Å². The Morgan fingerprint density at radius 2 is 2.08 bits per heavy atom. The minimum absolute atomic E-state index is 0.0204. The monoisotopic (exact) mass is 764 g/mol. The van der Waals surface area contributed by atoms with Crippen molar-refractivity contribution in [1.82, 2.24) is 25.5 Å². The van der Waals surface area contributed by atoms with Gasteiger partial charge in [-0.25, -0.2) is 13.2 Å². The number of amides is 1. The van der Waals surface area contributed by atoms with Crippen molar-refractivity contribution in [3.63, 3.8) is 0 Å². The maximum absolute atomic E-state index is 17.4. The molecule has 2 unspecified atom stereocenters. The van der Waals surface area contributed by atoms with Gasteiger partial charge in [-0.3, -0.25) is 15.0 Å². The van der Waals surface area contributed by atoms with Gasteiger partial charge in [-0.15, -0.1) is 11.3 Å². The third-order valence-electron chi connectivity index (χ3n) is 12.2. The predicted molar refractivity (Wildman–Crippen MR) is 194 cm³/mol. The molecule has 4 saturated heterocycles. The molecule has 10 rings (SSSR count). The van der Waals surface area contributed by atoms with Gasteiger partial charge in [0.25, 0.3) is 0 Å². The zero-order valence-electron chi connectivity index (χ0n) is 28.6. The summed E-state index contributed by atoms with van der Waals surface area (Å²) in [6, 6.07) is 4.13. The van der Waals surface area contributed by atoms with Crippen molar-refractivity contribution in [2.24, 2.45) is 5.92 Å². The topological polar surface area (TPSA) is 152 Å². The molecule has 1 aliphatic carbocycles. The Balaban J connectivity index is 1.10. The van der Waals surface area contributed by atoms with Crippen LogP contribution in [-0.2, 0) is 4.79 Å². The molecule has 0 spiro atoms. The molecule has 5 fully saturated rings. The van der Waals surface area contributed by atoms with E-state index in [4.69, 9.17) is 31.8 Å². The molecule has 6 aliphatic rings. The van der Waals surface area contributed by atoms with Crippen molar-refractivity contribution in [2.45, 2.75) is 80.8 Å². The van der Waals surface area contributed by atoms with Crippen LogP contribution in [0, 0.1) is 28.9 Å². The molecule has 11 nitrogen and oxygen atoms in total. The van der Waals surface area contributed by atoms with Gasteiger partial charge in [0.1, 0.15) is 47.0 Å². The van der Waals surface area contributed by atoms with Gasteiger partial charge >= 0.3 is 6.01 Å². The van der Waals surface area contributed by atoms with Crippen molar-refractivity contribution >= 4 is 60.7 Å². The van der Waals surface area contributed by atoms with Gasteiger partial charge < -0.3 is 25.4 Å². The molecule has 2 aromatic carbocycles. The summed E-state index contributed by atoms with van der Waals surface area (Å²) < 4.78 is 60.0. The molecule has 5 aliphatic heterocycles. The Morgan fingerprint density at radius 3 is 2.89 bits per heavy atom. The van der Waals surface area contributed by atoms with Crippen LogP contribution in [0.3, 0.4) is 0 Å². The fraction of sp³-hybridized carbons (Fsp3) is 0.514. The number of carbonyl (C=O) groups is 1. The second-order valence-corrected chi connectivity index (χ2v) is 16.7. The average Bonchev–Trinajstić information content (AvgIpc) is 3.99. The molecule has 1 saturated carbocycles. The largest absolute Gasteiger partial charge is 0.491 e. The van der Waals surface area contributed by atoms with Gasteiger partial charge in [0.05, 0.1) is 44.9 Å². The normalized spacial score (nSPS) is 29.0. The third kappa shape index (κ3) is 5.23. The lowest BCUT2D eigenvalue weighted by atomic mass is 9.95. The highest BCUT2D eigenvalue weighted by Crippen LogP contribution is 2.52. The van der Waals surface area contributed by atoms with Crippen LogP contribution in [0.2, 0.25) is 5.02 Å². The van der Waals surface area contributed by atoms with Crippen molar-refractivity contribution in [3.05, 3.63) is 34.4 Å². The number of rotatable bonds is 7. The highest BCUT2D eigenvalue weighted by Gasteiger charge is 2.52. The molecule has 276 valence electrons. The maximum Gasteiger partial charge on any atom is 0.319 e. The quantitative estimate of drug-likeness (QED) is 0.207. The first-order valence-electron chi connectivity index (χ1n) is 18.3. The van der Waals surface area contributed by atoms with Crippen molar-refractivity contribution < 1.29 is 27.4 Å². The van der Waals surface area contributed by atoms with Gasteiger partial charge in [-0.2, -0.15) is 15.2 Å². The van der Waals surface area contributed by atoms with Crippen LogP contribution in [0.15, 0.2) is 12.1 Å². The van der Waals surface area contributed by atoms with E-state index < -0.39 is 23.3 Å². The summed E-state index contributed by atoms with van der Waals surface area (Å²) in [5.41, 5.74) is 5.57. The van der Waals surface area contributed by atoms with Crippen LogP contribution in [0.25, 0.3) is 32.1 Å². The lowest BCUT2D eigenvalue weighted by Gasteiger charge is -2.34. The first-order chi connectivity index (χ1) is 25.7. The number of fused-ring (bicyclic) bond motifs is 4. The number of anilines is 2. The second-order valence-electron chi connectivity index (χ2n) is 15.3. The van der Waals surface area contributed by atoms with Crippen molar-refractivity contribution in [1.29, 1.82) is 5.26 Å². The summed E-state index contributed by atoms with van der Waals surface area (Å²) in [6.45, 7) is 1.93. The number of nitrogen functional groups attached to an aromatic ring is 1. The Labute approximate surface area is 311 Å². The molecule has 7 heterocycles. The van der Waals surface area contributed by atoms with E-state index in [2.05, 4.69) is 25.4 Å². The Morgan fingerprint density at radius 1 is 1.23 bits per heavy atom. The first-order valence-corrected chi connectivity index (χ1v) is 19.5. The van der Waals surface area contributed by atoms with Gasteiger partial charge in [0.15, 0.2) is 11.6 Å². The van der Waals surface area contributed by atoms with Crippen LogP contribution in [0.4, 0.5) is 24.0 Å². The average molecular weight is 765 g/mol. The number of halogens is 4. The summed E-state index contributed by atoms with van der Waals surface area (Å²) in [7, 11) is 0. The minimum Gasteiger partial charge on any atom is -0.491 e. The number of carbonyl (C=O) groups excluding carboxylic acids is 1. The number of nitrogens with zero attached hydrogens (tertiary/aromatic N) is 5. The smallest absolute Gasteiger partial charge is 0.319 e. The SMILES string of the molecule is N#Cc1c(N)sc2c(F)ccc(-c3c(Cl)c4c5c(nc(OC[C@@]67CCCN6C[C@H](F)C7)nc5c3F)N3CCC(NC(=O)[C@@H]5N[C@H]5C5CC5)C3CCO4)c12.